The number of rotatable bonds is 5. The monoisotopic (exact) mass is 303 g/mol. The first kappa shape index (κ1) is 15.1. The Balaban J connectivity index is 1.60. The van der Waals surface area contributed by atoms with Gasteiger partial charge in [0, 0.05) is 25.8 Å². The van der Waals surface area contributed by atoms with Crippen LogP contribution >= 0.6 is 0 Å². The molecule has 1 aliphatic rings. The molecule has 1 aliphatic heterocycles. The van der Waals surface area contributed by atoms with Gasteiger partial charge in [0.25, 0.3) is 0 Å². The molecule has 22 heavy (non-hydrogen) atoms. The van der Waals surface area contributed by atoms with Gasteiger partial charge in [0.05, 0.1) is 19.3 Å². The van der Waals surface area contributed by atoms with Gasteiger partial charge in [-0.1, -0.05) is 11.2 Å². The van der Waals surface area contributed by atoms with Crippen molar-refractivity contribution in [2.45, 2.75) is 12.6 Å². The van der Waals surface area contributed by atoms with Crippen LogP contribution in [0.25, 0.3) is 11.5 Å². The summed E-state index contributed by atoms with van der Waals surface area (Å²) < 4.78 is 11.1. The maximum Gasteiger partial charge on any atom is 0.241 e. The predicted octanol–water partition coefficient (Wildman–Crippen LogP) is 0.894. The van der Waals surface area contributed by atoms with E-state index < -0.39 is 0 Å². The Morgan fingerprint density at radius 2 is 2.27 bits per heavy atom. The quantitative estimate of drug-likeness (QED) is 0.812. The first-order chi connectivity index (χ1) is 10.7. The van der Waals surface area contributed by atoms with Crippen LogP contribution in [0.3, 0.4) is 0 Å². The Bertz CT molecular complexity index is 587. The normalized spacial score (nSPS) is 19.7. The summed E-state index contributed by atoms with van der Waals surface area (Å²) >= 11 is 0. The molecule has 1 fully saturated rings. The summed E-state index contributed by atoms with van der Waals surface area (Å²) in [7, 11) is 4.11. The third-order valence-corrected chi connectivity index (χ3v) is 3.51. The number of ether oxygens (including phenoxy) is 1. The van der Waals surface area contributed by atoms with E-state index in [1.165, 1.54) is 0 Å². The molecule has 0 saturated carbocycles. The van der Waals surface area contributed by atoms with Crippen molar-refractivity contribution in [3.63, 3.8) is 0 Å². The van der Waals surface area contributed by atoms with Gasteiger partial charge in [-0.25, -0.2) is 0 Å². The fourth-order valence-corrected chi connectivity index (χ4v) is 2.55. The largest absolute Gasteiger partial charge is 0.374 e. The van der Waals surface area contributed by atoms with E-state index in [0.29, 0.717) is 18.3 Å². The van der Waals surface area contributed by atoms with E-state index in [4.69, 9.17) is 9.26 Å². The Morgan fingerprint density at radius 1 is 1.36 bits per heavy atom. The molecule has 1 saturated heterocycles. The topological polar surface area (TPSA) is 67.5 Å². The molecule has 0 radical (unpaired) electrons. The van der Waals surface area contributed by atoms with Gasteiger partial charge in [-0.15, -0.1) is 0 Å². The summed E-state index contributed by atoms with van der Waals surface area (Å²) in [6.07, 6.45) is 1.95. The average Bonchev–Trinajstić information content (AvgIpc) is 2.96. The van der Waals surface area contributed by atoms with Crippen LogP contribution in [0.1, 0.15) is 5.89 Å². The van der Waals surface area contributed by atoms with E-state index in [9.17, 15) is 0 Å². The molecular formula is C15H21N5O2. The first-order valence-corrected chi connectivity index (χ1v) is 7.43. The van der Waals surface area contributed by atoms with Crippen molar-refractivity contribution >= 4 is 0 Å². The molecule has 0 amide bonds. The Hall–Kier alpha value is -1.83. The number of hydrogen-bond donors (Lipinski definition) is 0. The summed E-state index contributed by atoms with van der Waals surface area (Å²) in [4.78, 5) is 13.1. The smallest absolute Gasteiger partial charge is 0.241 e. The molecule has 118 valence electrons. The Kier molecular flexibility index (Phi) is 4.77. The van der Waals surface area contributed by atoms with Gasteiger partial charge >= 0.3 is 0 Å². The Morgan fingerprint density at radius 3 is 3.05 bits per heavy atom. The van der Waals surface area contributed by atoms with Crippen LogP contribution in [0.2, 0.25) is 0 Å². The van der Waals surface area contributed by atoms with Crippen LogP contribution < -0.4 is 0 Å². The van der Waals surface area contributed by atoms with E-state index in [1.807, 2.05) is 18.2 Å². The van der Waals surface area contributed by atoms with Gasteiger partial charge in [0.15, 0.2) is 0 Å². The standard InChI is InChI=1S/C15H21N5O2/c1-19(2)9-12-10-20(7-8-21-12)11-14-17-15(18-22-14)13-5-3-4-6-16-13/h3-6,12H,7-11H2,1-2H3/t12-/m0/s1. The lowest BCUT2D eigenvalue weighted by Gasteiger charge is -2.33. The van der Waals surface area contributed by atoms with E-state index in [2.05, 4.69) is 39.0 Å². The number of likely N-dealkylation sites (N-methyl/N-ethyl adjacent to an activating group) is 1. The maximum atomic E-state index is 5.77. The molecule has 0 N–H and O–H groups in total. The molecule has 3 heterocycles. The van der Waals surface area contributed by atoms with Gasteiger partial charge in [0.2, 0.25) is 11.7 Å². The zero-order valence-corrected chi connectivity index (χ0v) is 13.0. The highest BCUT2D eigenvalue weighted by molar-refractivity contribution is 5.46. The molecule has 0 aromatic carbocycles. The highest BCUT2D eigenvalue weighted by Crippen LogP contribution is 2.14. The molecule has 0 spiro atoms. The zero-order valence-electron chi connectivity index (χ0n) is 13.0. The maximum absolute atomic E-state index is 5.77. The lowest BCUT2D eigenvalue weighted by Crippen LogP contribution is -2.46. The van der Waals surface area contributed by atoms with Gasteiger partial charge in [0.1, 0.15) is 5.69 Å². The number of pyridine rings is 1. The van der Waals surface area contributed by atoms with E-state index in [0.717, 1.165) is 31.9 Å². The van der Waals surface area contributed by atoms with Crippen molar-refractivity contribution in [1.29, 1.82) is 0 Å². The molecular weight excluding hydrogens is 282 g/mol. The van der Waals surface area contributed by atoms with Crippen molar-refractivity contribution in [2.75, 3.05) is 40.3 Å². The van der Waals surface area contributed by atoms with Crippen LogP contribution in [0.15, 0.2) is 28.9 Å². The second-order valence-corrected chi connectivity index (χ2v) is 5.72. The summed E-state index contributed by atoms with van der Waals surface area (Å²) in [6, 6.07) is 5.64. The van der Waals surface area contributed by atoms with Crippen LogP contribution in [0.4, 0.5) is 0 Å². The summed E-state index contributed by atoms with van der Waals surface area (Å²) in [6.45, 7) is 4.05. The number of aromatic nitrogens is 3. The van der Waals surface area contributed by atoms with Crippen LogP contribution in [-0.4, -0.2) is 71.4 Å². The molecule has 2 aromatic rings. The fraction of sp³-hybridized carbons (Fsp3) is 0.533. The van der Waals surface area contributed by atoms with Gasteiger partial charge in [-0.3, -0.25) is 9.88 Å². The minimum Gasteiger partial charge on any atom is -0.374 e. The third kappa shape index (κ3) is 3.88. The van der Waals surface area contributed by atoms with Crippen LogP contribution in [0, 0.1) is 0 Å². The lowest BCUT2D eigenvalue weighted by atomic mass is 10.2. The number of nitrogens with zero attached hydrogens (tertiary/aromatic N) is 5. The van der Waals surface area contributed by atoms with Gasteiger partial charge in [-0.2, -0.15) is 4.98 Å². The molecule has 7 heteroatoms. The van der Waals surface area contributed by atoms with Crippen molar-refractivity contribution in [1.82, 2.24) is 24.9 Å². The molecule has 0 aliphatic carbocycles. The summed E-state index contributed by atoms with van der Waals surface area (Å²) in [5, 5.41) is 4.00. The average molecular weight is 303 g/mol. The SMILES string of the molecule is CN(C)C[C@H]1CN(Cc2nc(-c3ccccn3)no2)CCO1. The summed E-state index contributed by atoms with van der Waals surface area (Å²) in [5.41, 5.74) is 0.727. The number of hydrogen-bond acceptors (Lipinski definition) is 7. The Labute approximate surface area is 129 Å². The van der Waals surface area contributed by atoms with Crippen LogP contribution in [-0.2, 0) is 11.3 Å². The third-order valence-electron chi connectivity index (χ3n) is 3.51. The second kappa shape index (κ2) is 6.95. The lowest BCUT2D eigenvalue weighted by molar-refractivity contribution is -0.0430. The van der Waals surface area contributed by atoms with Crippen molar-refractivity contribution in [3.05, 3.63) is 30.3 Å². The molecule has 0 bridgehead atoms. The molecule has 1 atom stereocenters. The van der Waals surface area contributed by atoms with Gasteiger partial charge in [-0.05, 0) is 26.2 Å². The highest BCUT2D eigenvalue weighted by Gasteiger charge is 2.22. The minimum absolute atomic E-state index is 0.224. The van der Waals surface area contributed by atoms with Gasteiger partial charge < -0.3 is 14.2 Å². The predicted molar refractivity (Wildman–Crippen MR) is 81.1 cm³/mol. The van der Waals surface area contributed by atoms with Crippen molar-refractivity contribution < 1.29 is 9.26 Å². The van der Waals surface area contributed by atoms with Crippen molar-refractivity contribution in [2.24, 2.45) is 0 Å². The fourth-order valence-electron chi connectivity index (χ4n) is 2.55. The minimum atomic E-state index is 0.224. The van der Waals surface area contributed by atoms with Crippen molar-refractivity contribution in [3.8, 4) is 11.5 Å². The van der Waals surface area contributed by atoms with Crippen LogP contribution in [0.5, 0.6) is 0 Å². The van der Waals surface area contributed by atoms with E-state index in [-0.39, 0.29) is 6.10 Å². The molecule has 2 aromatic heterocycles. The highest BCUT2D eigenvalue weighted by atomic mass is 16.5. The number of morpholine rings is 1. The molecule has 0 unspecified atom stereocenters. The molecule has 3 rings (SSSR count). The first-order valence-electron chi connectivity index (χ1n) is 7.43. The second-order valence-electron chi connectivity index (χ2n) is 5.72. The zero-order chi connectivity index (χ0) is 15.4. The molecule has 7 nitrogen and oxygen atoms in total. The summed E-state index contributed by atoms with van der Waals surface area (Å²) in [5.74, 6) is 1.15. The van der Waals surface area contributed by atoms with E-state index >= 15 is 0 Å². The van der Waals surface area contributed by atoms with E-state index in [1.54, 1.807) is 6.20 Å².